The normalized spacial score (nSPS) is 17.8. The molecule has 208 valence electrons. The Bertz CT molecular complexity index is 1580. The fourth-order valence-electron chi connectivity index (χ4n) is 6.28. The third-order valence-electron chi connectivity index (χ3n) is 8.56. The van der Waals surface area contributed by atoms with Crippen molar-refractivity contribution in [1.29, 1.82) is 0 Å². The highest BCUT2D eigenvalue weighted by atomic mass is 16.6. The van der Waals surface area contributed by atoms with Gasteiger partial charge in [0.2, 0.25) is 0 Å². The van der Waals surface area contributed by atoms with Crippen molar-refractivity contribution in [3.63, 3.8) is 0 Å². The smallest absolute Gasteiger partial charge is 0.269 e. The van der Waals surface area contributed by atoms with Crippen LogP contribution >= 0.6 is 0 Å². The van der Waals surface area contributed by atoms with E-state index in [-0.39, 0.29) is 22.2 Å². The van der Waals surface area contributed by atoms with Gasteiger partial charge in [0.25, 0.3) is 11.2 Å². The Morgan fingerprint density at radius 3 is 2.38 bits per heavy atom. The van der Waals surface area contributed by atoms with Gasteiger partial charge >= 0.3 is 0 Å². The van der Waals surface area contributed by atoms with Gasteiger partial charge in [0, 0.05) is 54.9 Å². The summed E-state index contributed by atoms with van der Waals surface area (Å²) in [5.41, 5.74) is 4.55. The van der Waals surface area contributed by atoms with Crippen molar-refractivity contribution in [2.45, 2.75) is 58.0 Å². The number of pyridine rings is 1. The van der Waals surface area contributed by atoms with Crippen LogP contribution in [0.25, 0.3) is 10.9 Å². The second-order valence-corrected chi connectivity index (χ2v) is 11.0. The van der Waals surface area contributed by atoms with Crippen LogP contribution in [0.15, 0.2) is 47.3 Å². The number of non-ortho nitro benzene ring substituents is 1. The Morgan fingerprint density at radius 2 is 1.68 bits per heavy atom. The first-order chi connectivity index (χ1) is 19.4. The molecule has 1 saturated carbocycles. The van der Waals surface area contributed by atoms with Gasteiger partial charge in [0.05, 0.1) is 16.5 Å². The van der Waals surface area contributed by atoms with Crippen molar-refractivity contribution in [2.75, 3.05) is 31.1 Å². The predicted molar refractivity (Wildman–Crippen MR) is 153 cm³/mol. The molecule has 11 nitrogen and oxygen atoms in total. The number of aryl methyl sites for hydroxylation is 2. The standard InChI is InChI=1S/C29H34N8O3/c1-19-8-9-20(2)26-24(19)18-25(29(38)30-26)27(28-31-32-33-36(28)22-6-4-3-5-7-22)35-16-14-34(15-17-35)21-10-12-23(13-11-21)37(39)40/h8-13,18,22,27H,3-7,14-17H2,1-2H3,(H,30,38)/t27-/m0/s1. The minimum absolute atomic E-state index is 0.0815. The fourth-order valence-corrected chi connectivity index (χ4v) is 6.28. The number of nitrogens with one attached hydrogen (secondary N) is 1. The monoisotopic (exact) mass is 542 g/mol. The second kappa shape index (κ2) is 10.8. The van der Waals surface area contributed by atoms with E-state index in [1.807, 2.05) is 23.7 Å². The summed E-state index contributed by atoms with van der Waals surface area (Å²) in [6, 6.07) is 12.7. The summed E-state index contributed by atoms with van der Waals surface area (Å²) in [5.74, 6) is 0.714. The first kappa shape index (κ1) is 26.1. The van der Waals surface area contributed by atoms with Crippen LogP contribution in [-0.2, 0) is 0 Å². The molecule has 3 heterocycles. The minimum Gasteiger partial charge on any atom is -0.369 e. The molecule has 4 aromatic rings. The SMILES string of the molecule is Cc1ccc(C)c2[nH]c(=O)c([C@@H](c3nnnn3C3CCCCC3)N3CCN(c4ccc([N+](=O)[O-])cc4)CC3)cc12. The maximum Gasteiger partial charge on any atom is 0.269 e. The van der Waals surface area contributed by atoms with Crippen molar-refractivity contribution >= 4 is 22.3 Å². The molecular formula is C29H34N8O3. The lowest BCUT2D eigenvalue weighted by Gasteiger charge is -2.40. The maximum absolute atomic E-state index is 13.7. The first-order valence-electron chi connectivity index (χ1n) is 14.0. The summed E-state index contributed by atoms with van der Waals surface area (Å²) < 4.78 is 1.97. The number of piperazine rings is 1. The number of aromatic amines is 1. The summed E-state index contributed by atoms with van der Waals surface area (Å²) in [5, 5.41) is 25.2. The molecule has 1 aliphatic heterocycles. The highest BCUT2D eigenvalue weighted by molar-refractivity contribution is 5.85. The van der Waals surface area contributed by atoms with Gasteiger partial charge in [-0.15, -0.1) is 5.10 Å². The molecular weight excluding hydrogens is 508 g/mol. The lowest BCUT2D eigenvalue weighted by atomic mass is 9.94. The predicted octanol–water partition coefficient (Wildman–Crippen LogP) is 4.46. The molecule has 11 heteroatoms. The van der Waals surface area contributed by atoms with E-state index in [9.17, 15) is 14.9 Å². The van der Waals surface area contributed by atoms with Crippen LogP contribution in [0.1, 0.15) is 66.7 Å². The summed E-state index contributed by atoms with van der Waals surface area (Å²) >= 11 is 0. The summed E-state index contributed by atoms with van der Waals surface area (Å²) in [6.07, 6.45) is 5.59. The van der Waals surface area contributed by atoms with Gasteiger partial charge < -0.3 is 9.88 Å². The van der Waals surface area contributed by atoms with Crippen molar-refractivity contribution in [3.05, 3.63) is 85.4 Å². The molecule has 2 aromatic carbocycles. The summed E-state index contributed by atoms with van der Waals surface area (Å²) in [4.78, 5) is 32.1. The van der Waals surface area contributed by atoms with Crippen LogP contribution in [0, 0.1) is 24.0 Å². The van der Waals surface area contributed by atoms with Crippen LogP contribution in [0.3, 0.4) is 0 Å². The summed E-state index contributed by atoms with van der Waals surface area (Å²) in [6.45, 7) is 6.86. The molecule has 0 bridgehead atoms. The van der Waals surface area contributed by atoms with E-state index in [0.29, 0.717) is 37.6 Å². The number of anilines is 1. The van der Waals surface area contributed by atoms with Crippen molar-refractivity contribution in [2.24, 2.45) is 0 Å². The number of hydrogen-bond donors (Lipinski definition) is 1. The van der Waals surface area contributed by atoms with Crippen LogP contribution < -0.4 is 10.5 Å². The summed E-state index contributed by atoms with van der Waals surface area (Å²) in [7, 11) is 0. The highest BCUT2D eigenvalue weighted by Crippen LogP contribution is 2.34. The molecule has 2 aromatic heterocycles. The zero-order chi connectivity index (χ0) is 27.8. The Hall–Kier alpha value is -4.12. The van der Waals surface area contributed by atoms with Gasteiger partial charge in [0.15, 0.2) is 5.82 Å². The molecule has 1 aliphatic carbocycles. The van der Waals surface area contributed by atoms with Gasteiger partial charge in [0.1, 0.15) is 6.04 Å². The van der Waals surface area contributed by atoms with Crippen LogP contribution in [0.5, 0.6) is 0 Å². The van der Waals surface area contributed by atoms with Crippen LogP contribution in [0.2, 0.25) is 0 Å². The molecule has 40 heavy (non-hydrogen) atoms. The number of tetrazole rings is 1. The largest absolute Gasteiger partial charge is 0.369 e. The van der Waals surface area contributed by atoms with Crippen molar-refractivity contribution < 1.29 is 4.92 Å². The molecule has 2 fully saturated rings. The van der Waals surface area contributed by atoms with Crippen molar-refractivity contribution in [1.82, 2.24) is 30.1 Å². The average molecular weight is 543 g/mol. The van der Waals surface area contributed by atoms with E-state index in [1.165, 1.54) is 6.42 Å². The lowest BCUT2D eigenvalue weighted by molar-refractivity contribution is -0.384. The fraction of sp³-hybridized carbons (Fsp3) is 0.448. The Kier molecular flexibility index (Phi) is 7.05. The van der Waals surface area contributed by atoms with Gasteiger partial charge in [-0.25, -0.2) is 4.68 Å². The molecule has 0 radical (unpaired) electrons. The Morgan fingerprint density at radius 1 is 0.975 bits per heavy atom. The Labute approximate surface area is 231 Å². The molecule has 1 atom stereocenters. The average Bonchev–Trinajstić information content (AvgIpc) is 3.46. The topological polar surface area (TPSA) is 126 Å². The van der Waals surface area contributed by atoms with Crippen LogP contribution in [-0.4, -0.2) is 61.2 Å². The number of hydrogen-bond acceptors (Lipinski definition) is 8. The van der Waals surface area contributed by atoms with E-state index in [1.54, 1.807) is 24.3 Å². The quantitative estimate of drug-likeness (QED) is 0.280. The number of nitro groups is 1. The third-order valence-corrected chi connectivity index (χ3v) is 8.56. The zero-order valence-corrected chi connectivity index (χ0v) is 22.9. The number of benzene rings is 2. The van der Waals surface area contributed by atoms with Gasteiger partial charge in [-0.05, 0) is 66.4 Å². The van der Waals surface area contributed by atoms with Crippen molar-refractivity contribution in [3.8, 4) is 0 Å². The minimum atomic E-state index is -0.399. The van der Waals surface area contributed by atoms with E-state index in [4.69, 9.17) is 0 Å². The number of aromatic nitrogens is 5. The maximum atomic E-state index is 13.7. The number of fused-ring (bicyclic) bond motifs is 1. The number of rotatable bonds is 6. The van der Waals surface area contributed by atoms with E-state index >= 15 is 0 Å². The zero-order valence-electron chi connectivity index (χ0n) is 22.9. The first-order valence-corrected chi connectivity index (χ1v) is 14.0. The second-order valence-electron chi connectivity index (χ2n) is 11.0. The van der Waals surface area contributed by atoms with Gasteiger partial charge in [-0.3, -0.25) is 19.8 Å². The lowest BCUT2D eigenvalue weighted by Crippen LogP contribution is -2.49. The molecule has 2 aliphatic rings. The highest BCUT2D eigenvalue weighted by Gasteiger charge is 2.34. The van der Waals surface area contributed by atoms with E-state index in [0.717, 1.165) is 53.4 Å². The molecule has 1 saturated heterocycles. The molecule has 0 spiro atoms. The van der Waals surface area contributed by atoms with Gasteiger partial charge in [-0.1, -0.05) is 31.4 Å². The number of nitro benzene ring substituents is 1. The molecule has 6 rings (SSSR count). The molecule has 1 N–H and O–H groups in total. The van der Waals surface area contributed by atoms with E-state index in [2.05, 4.69) is 43.3 Å². The molecule has 0 unspecified atom stereocenters. The Balaban J connectivity index is 1.37. The van der Waals surface area contributed by atoms with E-state index < -0.39 is 6.04 Å². The van der Waals surface area contributed by atoms with Crippen LogP contribution in [0.4, 0.5) is 11.4 Å². The molecule has 0 amide bonds. The number of nitrogens with zero attached hydrogens (tertiary/aromatic N) is 7. The third kappa shape index (κ3) is 4.85. The van der Waals surface area contributed by atoms with Gasteiger partial charge in [-0.2, -0.15) is 0 Å². The number of H-pyrrole nitrogens is 1.